The van der Waals surface area contributed by atoms with E-state index in [2.05, 4.69) is 62.8 Å². The van der Waals surface area contributed by atoms with Gasteiger partial charge in [-0.2, -0.15) is 10.9 Å². The predicted molar refractivity (Wildman–Crippen MR) is 89.6 cm³/mol. The number of hydrogen-bond donors (Lipinski definition) is 1. The Morgan fingerprint density at radius 2 is 2.00 bits per heavy atom. The zero-order chi connectivity index (χ0) is 13.8. The van der Waals surface area contributed by atoms with Gasteiger partial charge >= 0.3 is 0 Å². The summed E-state index contributed by atoms with van der Waals surface area (Å²) in [4.78, 5) is 1.32. The average molecular weight is 265 g/mol. The van der Waals surface area contributed by atoms with Crippen molar-refractivity contribution in [2.75, 3.05) is 7.05 Å². The van der Waals surface area contributed by atoms with E-state index in [4.69, 9.17) is 0 Å². The minimum absolute atomic E-state index is 1.05. The molecule has 1 N–H and O–H groups in total. The van der Waals surface area contributed by atoms with Crippen LogP contribution in [0.5, 0.6) is 0 Å². The van der Waals surface area contributed by atoms with Crippen molar-refractivity contribution in [1.29, 1.82) is 0 Å². The van der Waals surface area contributed by atoms with Gasteiger partial charge in [0.05, 0.1) is 0 Å². The minimum Gasteiger partial charge on any atom is -0.393 e. The predicted octanol–water partition coefficient (Wildman–Crippen LogP) is 4.53. The highest BCUT2D eigenvalue weighted by molar-refractivity contribution is 7.97. The number of nitrogens with one attached hydrogen (secondary N) is 1. The monoisotopic (exact) mass is 265 g/mol. The van der Waals surface area contributed by atoms with Crippen LogP contribution in [0.4, 0.5) is 0 Å². The van der Waals surface area contributed by atoms with Crippen molar-refractivity contribution in [2.45, 2.75) is 47.0 Å². The van der Waals surface area contributed by atoms with Gasteiger partial charge in [0.25, 0.3) is 0 Å². The number of allylic oxidation sites excluding steroid dienone is 5. The Labute approximate surface area is 116 Å². The molecule has 0 spiro atoms. The third-order valence-electron chi connectivity index (χ3n) is 2.66. The van der Waals surface area contributed by atoms with Crippen LogP contribution in [-0.4, -0.2) is 17.3 Å². The normalized spacial score (nSPS) is 12.7. The van der Waals surface area contributed by atoms with Gasteiger partial charge in [-0.15, -0.1) is 0 Å². The molecule has 0 radical (unpaired) electrons. The lowest BCUT2D eigenvalue weighted by molar-refractivity contribution is 0.877. The van der Waals surface area contributed by atoms with Crippen LogP contribution in [0.3, 0.4) is 0 Å². The van der Waals surface area contributed by atoms with Crippen LogP contribution in [0.15, 0.2) is 35.6 Å². The van der Waals surface area contributed by atoms with E-state index < -0.39 is 0 Å². The maximum Gasteiger partial charge on any atom is 0.00972 e. The van der Waals surface area contributed by atoms with E-state index in [1.165, 1.54) is 28.9 Å². The number of rotatable bonds is 7. The van der Waals surface area contributed by atoms with E-state index in [0.29, 0.717) is 0 Å². The summed E-state index contributed by atoms with van der Waals surface area (Å²) in [5.41, 5.74) is 2.78. The Morgan fingerprint density at radius 1 is 1.28 bits per heavy atom. The second-order valence-electron chi connectivity index (χ2n) is 4.10. The first kappa shape index (κ1) is 17.0. The summed E-state index contributed by atoms with van der Waals surface area (Å²) in [5, 5.41) is 5.22. The molecule has 0 unspecified atom stereocenters. The molecule has 0 aliphatic heterocycles. The molecule has 0 aliphatic carbocycles. The Hall–Kier alpha value is -1.02. The van der Waals surface area contributed by atoms with E-state index in [1.54, 1.807) is 10.9 Å². The molecule has 0 atom stereocenters. The molecule has 0 bridgehead atoms. The summed E-state index contributed by atoms with van der Waals surface area (Å²) in [6.45, 7) is 8.57. The van der Waals surface area contributed by atoms with Gasteiger partial charge in [0.15, 0.2) is 0 Å². The number of hydrogen-bond acceptors (Lipinski definition) is 1. The largest absolute Gasteiger partial charge is 0.393 e. The van der Waals surface area contributed by atoms with Gasteiger partial charge < -0.3 is 5.32 Å². The van der Waals surface area contributed by atoms with Gasteiger partial charge in [0.1, 0.15) is 0 Å². The third kappa shape index (κ3) is 7.33. The highest BCUT2D eigenvalue weighted by atomic mass is 32.1. The average Bonchev–Trinajstić information content (AvgIpc) is 2.36. The van der Waals surface area contributed by atoms with Crippen molar-refractivity contribution in [3.8, 4) is 0 Å². The molecule has 102 valence electrons. The second kappa shape index (κ2) is 11.1. The van der Waals surface area contributed by atoms with Crippen LogP contribution in [-0.2, 0) is 0 Å². The lowest BCUT2D eigenvalue weighted by Gasteiger charge is -2.03. The summed E-state index contributed by atoms with van der Waals surface area (Å²) in [5.74, 6) is 0. The first-order chi connectivity index (χ1) is 8.69. The molecule has 2 heteroatoms. The summed E-state index contributed by atoms with van der Waals surface area (Å²) < 4.78 is 0. The highest BCUT2D eigenvalue weighted by Crippen LogP contribution is 2.11. The summed E-state index contributed by atoms with van der Waals surface area (Å²) in [6.07, 6.45) is 12.2. The first-order valence-corrected chi connectivity index (χ1v) is 7.53. The zero-order valence-corrected chi connectivity index (χ0v) is 13.2. The van der Waals surface area contributed by atoms with Gasteiger partial charge in [-0.1, -0.05) is 37.1 Å². The third-order valence-corrected chi connectivity index (χ3v) is 3.48. The van der Waals surface area contributed by atoms with Crippen LogP contribution >= 0.6 is 10.9 Å². The molecule has 0 aromatic carbocycles. The first-order valence-electron chi connectivity index (χ1n) is 6.66. The van der Waals surface area contributed by atoms with E-state index in [0.717, 1.165) is 6.42 Å². The van der Waals surface area contributed by atoms with Crippen LogP contribution in [0.25, 0.3) is 0 Å². The Morgan fingerprint density at radius 3 is 2.50 bits per heavy atom. The molecule has 0 aromatic heterocycles. The molecule has 0 rings (SSSR count). The SMILES string of the molecule is CC=S=C(C)C(/C=C\C/C(=C/C)CCC)=C/NC. The standard InChI is InChI=1S/C16H27NS/c1-6-10-15(7-2)11-9-12-16(13-17-5)14(4)18-8-3/h7-9,12-13,17H,6,10-11H2,1-5H3/b12-9-,15-7+,16-13+. The Balaban J connectivity index is 4.72. The molecule has 0 heterocycles. The molecule has 0 aliphatic rings. The topological polar surface area (TPSA) is 12.0 Å². The van der Waals surface area contributed by atoms with Crippen LogP contribution < -0.4 is 5.32 Å². The van der Waals surface area contributed by atoms with E-state index in [1.807, 2.05) is 7.05 Å². The van der Waals surface area contributed by atoms with Gasteiger partial charge in [-0.25, -0.2) is 0 Å². The molecule has 0 fully saturated rings. The van der Waals surface area contributed by atoms with E-state index in [-0.39, 0.29) is 0 Å². The van der Waals surface area contributed by atoms with Gasteiger partial charge in [-0.05, 0) is 39.0 Å². The van der Waals surface area contributed by atoms with Crippen molar-refractivity contribution in [3.63, 3.8) is 0 Å². The fourth-order valence-electron chi connectivity index (χ4n) is 1.69. The molecular weight excluding hydrogens is 238 g/mol. The minimum atomic E-state index is 1.05. The molecule has 18 heavy (non-hydrogen) atoms. The van der Waals surface area contributed by atoms with Crippen molar-refractivity contribution in [2.24, 2.45) is 0 Å². The van der Waals surface area contributed by atoms with Crippen LogP contribution in [0, 0.1) is 0 Å². The lowest BCUT2D eigenvalue weighted by Crippen LogP contribution is -2.00. The smallest absolute Gasteiger partial charge is 0.00972 e. The molecule has 0 saturated carbocycles. The summed E-state index contributed by atoms with van der Waals surface area (Å²) in [6, 6.07) is 0. The molecular formula is C16H27NS. The molecule has 1 nitrogen and oxygen atoms in total. The van der Waals surface area contributed by atoms with Gasteiger partial charge in [0, 0.05) is 23.7 Å². The molecule has 0 saturated heterocycles. The maximum atomic E-state index is 3.11. The zero-order valence-electron chi connectivity index (χ0n) is 12.4. The quantitative estimate of drug-likeness (QED) is 0.309. The Bertz CT molecular complexity index is 380. The highest BCUT2D eigenvalue weighted by Gasteiger charge is 1.95. The van der Waals surface area contributed by atoms with Crippen molar-refractivity contribution in [3.05, 3.63) is 35.6 Å². The van der Waals surface area contributed by atoms with Crippen LogP contribution in [0.2, 0.25) is 0 Å². The van der Waals surface area contributed by atoms with E-state index >= 15 is 0 Å². The summed E-state index contributed by atoms with van der Waals surface area (Å²) >= 11 is 0. The maximum absolute atomic E-state index is 3.11. The van der Waals surface area contributed by atoms with Crippen LogP contribution in [0.1, 0.15) is 47.0 Å². The fourth-order valence-corrected chi connectivity index (χ4v) is 2.31. The molecule has 0 amide bonds. The van der Waals surface area contributed by atoms with Crippen molar-refractivity contribution >= 4 is 21.2 Å². The molecule has 0 aromatic rings. The van der Waals surface area contributed by atoms with Crippen molar-refractivity contribution < 1.29 is 0 Å². The van der Waals surface area contributed by atoms with Crippen molar-refractivity contribution in [1.82, 2.24) is 5.32 Å². The lowest BCUT2D eigenvalue weighted by atomic mass is 10.1. The second-order valence-corrected chi connectivity index (χ2v) is 5.42. The van der Waals surface area contributed by atoms with Gasteiger partial charge in [0.2, 0.25) is 0 Å². The van der Waals surface area contributed by atoms with E-state index in [9.17, 15) is 0 Å². The summed E-state index contributed by atoms with van der Waals surface area (Å²) in [7, 11) is 3.71. The Kier molecular flexibility index (Phi) is 10.5. The van der Waals surface area contributed by atoms with Gasteiger partial charge in [-0.3, -0.25) is 0 Å². The fraction of sp³-hybridized carbons (Fsp3) is 0.500.